The average molecular weight is 469 g/mol. The second-order valence-corrected chi connectivity index (χ2v) is 8.40. The fraction of sp³-hybridized carbons (Fsp3) is 0.458. The minimum Gasteiger partial charge on any atom is -0.463 e. The second-order valence-electron chi connectivity index (χ2n) is 8.40. The molecule has 2 aromatic rings. The van der Waals surface area contributed by atoms with Gasteiger partial charge in [-0.3, -0.25) is 0 Å². The van der Waals surface area contributed by atoms with Crippen molar-refractivity contribution in [2.75, 3.05) is 63.6 Å². The number of allylic oxidation sites excluding steroid dienone is 1. The van der Waals surface area contributed by atoms with Crippen molar-refractivity contribution in [3.05, 3.63) is 40.7 Å². The number of anilines is 2. The fourth-order valence-corrected chi connectivity index (χ4v) is 4.42. The van der Waals surface area contributed by atoms with Crippen LogP contribution >= 0.6 is 0 Å². The summed E-state index contributed by atoms with van der Waals surface area (Å²) in [6.07, 6.45) is 0. The molecule has 1 unspecified atom stereocenters. The van der Waals surface area contributed by atoms with Crippen molar-refractivity contribution in [1.82, 2.24) is 9.97 Å². The molecule has 4 heterocycles. The molecule has 34 heavy (non-hydrogen) atoms. The predicted molar refractivity (Wildman–Crippen MR) is 124 cm³/mol. The lowest BCUT2D eigenvalue weighted by atomic mass is 9.82. The van der Waals surface area contributed by atoms with Crippen LogP contribution in [0.5, 0.6) is 17.4 Å². The number of hydrogen-bond acceptors (Lipinski definition) is 10. The third-order valence-electron chi connectivity index (χ3n) is 6.02. The molecule has 0 N–H and O–H groups in total. The number of hydrogen-bond donors (Lipinski definition) is 0. The summed E-state index contributed by atoms with van der Waals surface area (Å²) >= 11 is 0. The number of ether oxygens (including phenoxy) is 5. The summed E-state index contributed by atoms with van der Waals surface area (Å²) < 4.78 is 28.3. The third-order valence-corrected chi connectivity index (χ3v) is 6.02. The Labute approximate surface area is 198 Å². The van der Waals surface area contributed by atoms with Crippen LogP contribution in [0.2, 0.25) is 0 Å². The first kappa shape index (κ1) is 22.3. The molecule has 0 saturated carbocycles. The summed E-state index contributed by atoms with van der Waals surface area (Å²) in [7, 11) is 3.77. The van der Waals surface area contributed by atoms with Gasteiger partial charge in [0.15, 0.2) is 11.5 Å². The quantitative estimate of drug-likeness (QED) is 0.609. The third kappa shape index (κ3) is 3.87. The van der Waals surface area contributed by atoms with E-state index in [-0.39, 0.29) is 13.4 Å². The highest BCUT2D eigenvalue weighted by Gasteiger charge is 2.40. The van der Waals surface area contributed by atoms with Crippen molar-refractivity contribution in [3.8, 4) is 17.4 Å². The van der Waals surface area contributed by atoms with E-state index in [2.05, 4.69) is 4.90 Å². The van der Waals surface area contributed by atoms with Crippen LogP contribution in [0.25, 0.3) is 0 Å². The van der Waals surface area contributed by atoms with Crippen LogP contribution in [-0.4, -0.2) is 69.7 Å². The number of carbonyl (C=O) groups is 1. The van der Waals surface area contributed by atoms with Gasteiger partial charge in [0.25, 0.3) is 0 Å². The highest BCUT2D eigenvalue weighted by Crippen LogP contribution is 2.49. The molecule has 1 fully saturated rings. The van der Waals surface area contributed by atoms with E-state index in [1.54, 1.807) is 13.8 Å². The highest BCUT2D eigenvalue weighted by molar-refractivity contribution is 5.93. The number of benzene rings is 1. The minimum absolute atomic E-state index is 0.164. The molecule has 10 nitrogen and oxygen atoms in total. The first-order valence-electron chi connectivity index (χ1n) is 11.3. The Morgan fingerprint density at radius 2 is 1.94 bits per heavy atom. The Morgan fingerprint density at radius 3 is 2.68 bits per heavy atom. The largest absolute Gasteiger partial charge is 0.463 e. The molecule has 5 rings (SSSR count). The zero-order valence-corrected chi connectivity index (χ0v) is 19.8. The van der Waals surface area contributed by atoms with E-state index in [1.807, 2.05) is 37.2 Å². The topological polar surface area (TPSA) is 95.5 Å². The average Bonchev–Trinajstić information content (AvgIpc) is 3.31. The number of aromatic nitrogens is 2. The molecule has 1 saturated heterocycles. The minimum atomic E-state index is -0.508. The molecule has 0 aliphatic carbocycles. The summed E-state index contributed by atoms with van der Waals surface area (Å²) in [5.41, 5.74) is 1.98. The van der Waals surface area contributed by atoms with Crippen molar-refractivity contribution in [2.24, 2.45) is 0 Å². The molecule has 0 radical (unpaired) electrons. The molecule has 1 atom stereocenters. The van der Waals surface area contributed by atoms with E-state index in [9.17, 15) is 4.79 Å². The van der Waals surface area contributed by atoms with Crippen LogP contribution < -0.4 is 24.0 Å². The predicted octanol–water partition coefficient (Wildman–Crippen LogP) is 2.47. The first-order valence-corrected chi connectivity index (χ1v) is 11.3. The zero-order valence-electron chi connectivity index (χ0n) is 19.8. The Hall–Kier alpha value is -3.53. The van der Waals surface area contributed by atoms with Crippen molar-refractivity contribution >= 4 is 17.7 Å². The van der Waals surface area contributed by atoms with E-state index in [0.717, 1.165) is 11.1 Å². The monoisotopic (exact) mass is 468 g/mol. The van der Waals surface area contributed by atoms with Crippen molar-refractivity contribution in [1.29, 1.82) is 0 Å². The van der Waals surface area contributed by atoms with E-state index in [0.29, 0.717) is 66.8 Å². The van der Waals surface area contributed by atoms with Crippen LogP contribution in [0.1, 0.15) is 30.9 Å². The summed E-state index contributed by atoms with van der Waals surface area (Å²) in [6.45, 7) is 6.48. The van der Waals surface area contributed by atoms with E-state index < -0.39 is 11.9 Å². The SMILES string of the molecule is CCOC(=O)C1=C(C)Oc2nc(N(C)C)nc(N3CCOCC3)c2C1c1ccc2c(c1)OCO2. The Balaban J connectivity index is 1.74. The number of morpholine rings is 1. The maximum absolute atomic E-state index is 13.2. The molecule has 3 aliphatic heterocycles. The zero-order chi connectivity index (χ0) is 23.8. The second kappa shape index (κ2) is 9.02. The number of esters is 1. The summed E-state index contributed by atoms with van der Waals surface area (Å²) in [5, 5.41) is 0. The van der Waals surface area contributed by atoms with Gasteiger partial charge in [-0.1, -0.05) is 6.07 Å². The molecule has 10 heteroatoms. The molecule has 180 valence electrons. The Morgan fingerprint density at radius 1 is 1.18 bits per heavy atom. The lowest BCUT2D eigenvalue weighted by Gasteiger charge is -2.35. The summed E-state index contributed by atoms with van der Waals surface area (Å²) in [6, 6.07) is 5.69. The smallest absolute Gasteiger partial charge is 0.338 e. The van der Waals surface area contributed by atoms with E-state index in [1.165, 1.54) is 0 Å². The van der Waals surface area contributed by atoms with Gasteiger partial charge < -0.3 is 33.5 Å². The van der Waals surface area contributed by atoms with Crippen molar-refractivity contribution in [2.45, 2.75) is 19.8 Å². The number of nitrogens with zero attached hydrogens (tertiary/aromatic N) is 4. The molecule has 0 amide bonds. The van der Waals surface area contributed by atoms with Gasteiger partial charge in [-0.15, -0.1) is 0 Å². The highest BCUT2D eigenvalue weighted by atomic mass is 16.7. The lowest BCUT2D eigenvalue weighted by molar-refractivity contribution is -0.139. The van der Waals surface area contributed by atoms with Crippen molar-refractivity contribution < 1.29 is 28.5 Å². The molecule has 1 aromatic heterocycles. The summed E-state index contributed by atoms with van der Waals surface area (Å²) in [4.78, 5) is 26.8. The Kier molecular flexibility index (Phi) is 5.91. The lowest BCUT2D eigenvalue weighted by Crippen LogP contribution is -2.39. The van der Waals surface area contributed by atoms with Crippen LogP contribution in [0.15, 0.2) is 29.5 Å². The van der Waals surface area contributed by atoms with Crippen LogP contribution in [-0.2, 0) is 14.3 Å². The number of fused-ring (bicyclic) bond motifs is 2. The van der Waals surface area contributed by atoms with Gasteiger partial charge in [0.2, 0.25) is 18.6 Å². The van der Waals surface area contributed by atoms with E-state index in [4.69, 9.17) is 33.7 Å². The van der Waals surface area contributed by atoms with Gasteiger partial charge in [0.1, 0.15) is 11.6 Å². The van der Waals surface area contributed by atoms with Gasteiger partial charge in [0, 0.05) is 27.2 Å². The molecular weight excluding hydrogens is 440 g/mol. The fourth-order valence-electron chi connectivity index (χ4n) is 4.42. The molecule has 0 spiro atoms. The van der Waals surface area contributed by atoms with Gasteiger partial charge in [0.05, 0.1) is 36.9 Å². The maximum atomic E-state index is 13.2. The van der Waals surface area contributed by atoms with Crippen LogP contribution in [0, 0.1) is 0 Å². The molecule has 3 aliphatic rings. The Bertz CT molecular complexity index is 1140. The van der Waals surface area contributed by atoms with Crippen molar-refractivity contribution in [3.63, 3.8) is 0 Å². The number of carbonyl (C=O) groups excluding carboxylic acids is 1. The van der Waals surface area contributed by atoms with Gasteiger partial charge in [-0.05, 0) is 31.5 Å². The van der Waals surface area contributed by atoms with Gasteiger partial charge >= 0.3 is 5.97 Å². The molecular formula is C24H28N4O6. The van der Waals surface area contributed by atoms with Gasteiger partial charge in [-0.25, -0.2) is 4.79 Å². The normalized spacial score (nSPS) is 18.9. The standard InChI is InChI=1S/C24H28N4O6/c1-5-31-23(29)18-14(2)34-22-20(19(18)15-6-7-16-17(12-15)33-13-32-16)21(25-24(26-22)27(3)4)28-8-10-30-11-9-28/h6-7,12,19H,5,8-11,13H2,1-4H3. The van der Waals surface area contributed by atoms with Crippen LogP contribution in [0.4, 0.5) is 11.8 Å². The molecule has 1 aromatic carbocycles. The van der Waals surface area contributed by atoms with Gasteiger partial charge in [-0.2, -0.15) is 9.97 Å². The van der Waals surface area contributed by atoms with E-state index >= 15 is 0 Å². The molecule has 0 bridgehead atoms. The first-order chi connectivity index (χ1) is 16.5. The maximum Gasteiger partial charge on any atom is 0.338 e. The summed E-state index contributed by atoms with van der Waals surface area (Å²) in [5.74, 6) is 2.47. The number of rotatable bonds is 5. The van der Waals surface area contributed by atoms with Crippen LogP contribution in [0.3, 0.4) is 0 Å².